The third-order valence-corrected chi connectivity index (χ3v) is 4.98. The van der Waals surface area contributed by atoms with E-state index in [2.05, 4.69) is 4.90 Å². The average molecular weight is 272 g/mol. The van der Waals surface area contributed by atoms with Crippen molar-refractivity contribution in [3.63, 3.8) is 0 Å². The van der Waals surface area contributed by atoms with Gasteiger partial charge in [0.1, 0.15) is 11.9 Å². The fourth-order valence-electron chi connectivity index (χ4n) is 3.63. The van der Waals surface area contributed by atoms with Crippen LogP contribution in [0.4, 0.5) is 5.69 Å². The number of fused-ring (bicyclic) bond motifs is 3. The smallest absolute Gasteiger partial charge is 0.244 e. The van der Waals surface area contributed by atoms with Crippen LogP contribution in [0.25, 0.3) is 0 Å². The van der Waals surface area contributed by atoms with Gasteiger partial charge in [-0.3, -0.25) is 9.69 Å². The molecule has 2 aliphatic heterocycles. The van der Waals surface area contributed by atoms with Gasteiger partial charge in [-0.25, -0.2) is 0 Å². The Labute approximate surface area is 119 Å². The summed E-state index contributed by atoms with van der Waals surface area (Å²) in [6, 6.07) is 8.45. The van der Waals surface area contributed by atoms with Crippen molar-refractivity contribution in [3.05, 3.63) is 24.3 Å². The van der Waals surface area contributed by atoms with Crippen LogP contribution in [0.5, 0.6) is 5.75 Å². The first kappa shape index (κ1) is 12.2. The molecule has 1 amide bonds. The highest BCUT2D eigenvalue weighted by Crippen LogP contribution is 2.38. The van der Waals surface area contributed by atoms with Crippen LogP contribution < -0.4 is 9.64 Å². The van der Waals surface area contributed by atoms with E-state index in [-0.39, 0.29) is 18.1 Å². The molecule has 4 heteroatoms. The summed E-state index contributed by atoms with van der Waals surface area (Å²) in [6.07, 6.45) is 4.73. The molecule has 0 unspecified atom stereocenters. The van der Waals surface area contributed by atoms with E-state index in [0.717, 1.165) is 24.4 Å². The molecule has 2 bridgehead atoms. The van der Waals surface area contributed by atoms with Gasteiger partial charge in [0.15, 0.2) is 0 Å². The second-order valence-corrected chi connectivity index (χ2v) is 6.14. The third kappa shape index (κ3) is 1.74. The molecule has 4 rings (SSSR count). The minimum Gasteiger partial charge on any atom is -0.487 e. The number of carbonyl (C=O) groups is 1. The van der Waals surface area contributed by atoms with Crippen LogP contribution in [-0.2, 0) is 4.79 Å². The molecule has 0 spiro atoms. The van der Waals surface area contributed by atoms with Crippen molar-refractivity contribution in [1.82, 2.24) is 4.90 Å². The standard InChI is InChI=1S/C16H20N2O2/c1-17-13-7-2-3-8-15(13)20-12-9-14(16(17)19)18(10-12)11-5-4-6-11/h2-3,7-8,11-12,14H,4-6,9-10H2,1H3/t12-,14-/m0/s1. The first-order valence-electron chi connectivity index (χ1n) is 7.53. The fraction of sp³-hybridized carbons (Fsp3) is 0.562. The van der Waals surface area contributed by atoms with E-state index in [0.29, 0.717) is 6.04 Å². The van der Waals surface area contributed by atoms with Crippen LogP contribution in [-0.4, -0.2) is 42.6 Å². The quantitative estimate of drug-likeness (QED) is 0.784. The Kier molecular flexibility index (Phi) is 2.74. The van der Waals surface area contributed by atoms with Crippen molar-refractivity contribution in [2.75, 3.05) is 18.5 Å². The molecule has 0 aromatic heterocycles. The van der Waals surface area contributed by atoms with Crippen molar-refractivity contribution in [1.29, 1.82) is 0 Å². The van der Waals surface area contributed by atoms with Crippen LogP contribution >= 0.6 is 0 Å². The summed E-state index contributed by atoms with van der Waals surface area (Å²) in [5.41, 5.74) is 0.891. The van der Waals surface area contributed by atoms with Crippen molar-refractivity contribution in [3.8, 4) is 5.75 Å². The highest BCUT2D eigenvalue weighted by Gasteiger charge is 2.45. The second-order valence-electron chi connectivity index (χ2n) is 6.14. The normalized spacial score (nSPS) is 30.2. The summed E-state index contributed by atoms with van der Waals surface area (Å²) >= 11 is 0. The largest absolute Gasteiger partial charge is 0.487 e. The summed E-state index contributed by atoms with van der Waals surface area (Å²) < 4.78 is 6.16. The molecular formula is C16H20N2O2. The molecule has 1 saturated heterocycles. The van der Waals surface area contributed by atoms with Crippen molar-refractivity contribution in [2.45, 2.75) is 43.9 Å². The zero-order valence-corrected chi connectivity index (χ0v) is 11.8. The number of anilines is 1. The van der Waals surface area contributed by atoms with E-state index in [4.69, 9.17) is 4.74 Å². The number of hydrogen-bond acceptors (Lipinski definition) is 3. The van der Waals surface area contributed by atoms with Gasteiger partial charge in [0.25, 0.3) is 0 Å². The Bertz CT molecular complexity index is 541. The third-order valence-electron chi connectivity index (χ3n) is 4.98. The number of nitrogens with zero attached hydrogens (tertiary/aromatic N) is 2. The van der Waals surface area contributed by atoms with Crippen LogP contribution in [0.1, 0.15) is 25.7 Å². The minimum atomic E-state index is 0.00339. The lowest BCUT2D eigenvalue weighted by molar-refractivity contribution is -0.124. The van der Waals surface area contributed by atoms with Gasteiger partial charge in [0.2, 0.25) is 5.91 Å². The average Bonchev–Trinajstić information content (AvgIpc) is 2.79. The molecule has 2 heterocycles. The predicted molar refractivity (Wildman–Crippen MR) is 77.0 cm³/mol. The highest BCUT2D eigenvalue weighted by molar-refractivity contribution is 5.98. The summed E-state index contributed by atoms with van der Waals surface area (Å²) in [5.74, 6) is 1.05. The number of hydrogen-bond donors (Lipinski definition) is 0. The van der Waals surface area contributed by atoms with E-state index >= 15 is 0 Å². The minimum absolute atomic E-state index is 0.00339. The van der Waals surface area contributed by atoms with Crippen molar-refractivity contribution in [2.24, 2.45) is 0 Å². The molecule has 2 fully saturated rings. The van der Waals surface area contributed by atoms with Gasteiger partial charge in [-0.1, -0.05) is 18.6 Å². The molecule has 0 radical (unpaired) electrons. The summed E-state index contributed by atoms with van der Waals surface area (Å²) in [6.45, 7) is 0.892. The molecule has 1 aromatic rings. The zero-order valence-electron chi connectivity index (χ0n) is 11.8. The topological polar surface area (TPSA) is 32.8 Å². The molecular weight excluding hydrogens is 252 g/mol. The van der Waals surface area contributed by atoms with E-state index in [1.54, 1.807) is 4.90 Å². The zero-order chi connectivity index (χ0) is 13.7. The molecule has 1 saturated carbocycles. The van der Waals surface area contributed by atoms with Crippen LogP contribution in [0.3, 0.4) is 0 Å². The predicted octanol–water partition coefficient (Wildman–Crippen LogP) is 2.04. The van der Waals surface area contributed by atoms with Crippen LogP contribution in [0, 0.1) is 0 Å². The number of amides is 1. The van der Waals surface area contributed by atoms with E-state index in [1.807, 2.05) is 31.3 Å². The summed E-state index contributed by atoms with van der Waals surface area (Å²) in [5, 5.41) is 0. The highest BCUT2D eigenvalue weighted by atomic mass is 16.5. The van der Waals surface area contributed by atoms with E-state index in [9.17, 15) is 4.79 Å². The van der Waals surface area contributed by atoms with Gasteiger partial charge in [0, 0.05) is 26.1 Å². The van der Waals surface area contributed by atoms with Gasteiger partial charge in [-0.2, -0.15) is 0 Å². The fourth-order valence-corrected chi connectivity index (χ4v) is 3.63. The number of ether oxygens (including phenoxy) is 1. The number of carbonyl (C=O) groups excluding carboxylic acids is 1. The SMILES string of the molecule is CN1C(=O)[C@@H]2C[C@@H](CN2C2CCC2)Oc2ccccc21. The molecule has 2 atom stereocenters. The molecule has 20 heavy (non-hydrogen) atoms. The monoisotopic (exact) mass is 272 g/mol. The van der Waals surface area contributed by atoms with Crippen LogP contribution in [0.15, 0.2) is 24.3 Å². The van der Waals surface area contributed by atoms with Gasteiger partial charge in [0.05, 0.1) is 11.7 Å². The maximum Gasteiger partial charge on any atom is 0.244 e. The Balaban J connectivity index is 1.70. The Morgan fingerprint density at radius 3 is 2.80 bits per heavy atom. The Morgan fingerprint density at radius 2 is 2.05 bits per heavy atom. The molecule has 4 nitrogen and oxygen atoms in total. The van der Waals surface area contributed by atoms with Gasteiger partial charge >= 0.3 is 0 Å². The lowest BCUT2D eigenvalue weighted by Crippen LogP contribution is -2.50. The lowest BCUT2D eigenvalue weighted by atomic mass is 9.91. The molecule has 1 aliphatic carbocycles. The van der Waals surface area contributed by atoms with Crippen molar-refractivity contribution < 1.29 is 9.53 Å². The maximum atomic E-state index is 12.8. The van der Waals surface area contributed by atoms with E-state index in [1.165, 1.54) is 19.3 Å². The van der Waals surface area contributed by atoms with Gasteiger partial charge in [-0.15, -0.1) is 0 Å². The molecule has 3 aliphatic rings. The maximum absolute atomic E-state index is 12.8. The number of para-hydroxylation sites is 2. The second kappa shape index (κ2) is 4.48. The van der Waals surface area contributed by atoms with Gasteiger partial charge < -0.3 is 9.64 Å². The number of benzene rings is 1. The molecule has 1 aromatic carbocycles. The first-order chi connectivity index (χ1) is 9.74. The molecule has 0 N–H and O–H groups in total. The molecule has 106 valence electrons. The summed E-state index contributed by atoms with van der Waals surface area (Å²) in [4.78, 5) is 17.0. The number of likely N-dealkylation sites (tertiary alicyclic amines) is 1. The number of likely N-dealkylation sites (N-methyl/N-ethyl adjacent to an activating group) is 1. The Morgan fingerprint density at radius 1 is 1.25 bits per heavy atom. The first-order valence-corrected chi connectivity index (χ1v) is 7.53. The Hall–Kier alpha value is -1.55. The lowest BCUT2D eigenvalue weighted by Gasteiger charge is -2.38. The van der Waals surface area contributed by atoms with E-state index < -0.39 is 0 Å². The summed E-state index contributed by atoms with van der Waals surface area (Å²) in [7, 11) is 1.86. The van der Waals surface area contributed by atoms with Crippen molar-refractivity contribution >= 4 is 11.6 Å². The van der Waals surface area contributed by atoms with Crippen LogP contribution in [0.2, 0.25) is 0 Å². The van der Waals surface area contributed by atoms with Gasteiger partial charge in [-0.05, 0) is 25.0 Å². The number of rotatable bonds is 1.